The maximum Gasteiger partial charge on any atom is 0.416 e. The lowest BCUT2D eigenvalue weighted by Crippen LogP contribution is -2.31. The van der Waals surface area contributed by atoms with Crippen LogP contribution in [-0.4, -0.2) is 11.7 Å². The number of aromatic amines is 1. The van der Waals surface area contributed by atoms with Crippen LogP contribution in [-0.2, 0) is 6.18 Å². The number of alkyl halides is 3. The van der Waals surface area contributed by atoms with Crippen LogP contribution < -0.4 is 10.9 Å². The predicted molar refractivity (Wildman–Crippen MR) is 73.5 cm³/mol. The Kier molecular flexibility index (Phi) is 3.82. The van der Waals surface area contributed by atoms with Crippen LogP contribution in [0.1, 0.15) is 41.7 Å². The number of H-pyrrole nitrogens is 1. The summed E-state index contributed by atoms with van der Waals surface area (Å²) in [6.07, 6.45) is -2.99. The molecule has 2 atom stereocenters. The van der Waals surface area contributed by atoms with Gasteiger partial charge in [-0.25, -0.2) is 0 Å². The number of halogens is 3. The smallest absolute Gasteiger partial charge is 0.383 e. The Balaban J connectivity index is 1.81. The zero-order chi connectivity index (χ0) is 15.7. The summed E-state index contributed by atoms with van der Waals surface area (Å²) in [6, 6.07) is 6.55. The molecule has 1 aliphatic rings. The predicted octanol–water partition coefficient (Wildman–Crippen LogP) is 3.20. The highest BCUT2D eigenvalue weighted by Gasteiger charge is 2.32. The van der Waals surface area contributed by atoms with E-state index in [-0.39, 0.29) is 17.5 Å². The summed E-state index contributed by atoms with van der Waals surface area (Å²) in [4.78, 5) is 11.1. The fraction of sp³-hybridized carbons (Fsp3) is 0.400. The molecule has 1 aliphatic heterocycles. The maximum atomic E-state index is 12.8. The van der Waals surface area contributed by atoms with E-state index >= 15 is 0 Å². The van der Waals surface area contributed by atoms with Crippen LogP contribution in [0.25, 0.3) is 0 Å². The molecule has 7 heteroatoms. The van der Waals surface area contributed by atoms with E-state index in [0.29, 0.717) is 24.3 Å². The quantitative estimate of drug-likeness (QED) is 0.895. The molecule has 3 rings (SSSR count). The largest absolute Gasteiger partial charge is 0.416 e. The first-order valence-corrected chi connectivity index (χ1v) is 7.02. The van der Waals surface area contributed by atoms with Crippen LogP contribution in [0.3, 0.4) is 0 Å². The highest BCUT2D eigenvalue weighted by atomic mass is 19.4. The second-order valence-electron chi connectivity index (χ2n) is 5.47. The van der Waals surface area contributed by atoms with Crippen molar-refractivity contribution in [2.75, 3.05) is 6.54 Å². The summed E-state index contributed by atoms with van der Waals surface area (Å²) in [6.45, 7) is 0.653. The van der Waals surface area contributed by atoms with Crippen molar-refractivity contribution >= 4 is 0 Å². The van der Waals surface area contributed by atoms with Crippen molar-refractivity contribution in [2.45, 2.75) is 31.0 Å². The molecular weight excluding hydrogens is 297 g/mol. The fourth-order valence-electron chi connectivity index (χ4n) is 2.86. The monoisotopic (exact) mass is 312 g/mol. The van der Waals surface area contributed by atoms with Gasteiger partial charge in [0.25, 0.3) is 5.56 Å². The van der Waals surface area contributed by atoms with Crippen molar-refractivity contribution in [3.63, 3.8) is 0 Å². The van der Waals surface area contributed by atoms with Crippen LogP contribution in [0.15, 0.2) is 39.6 Å². The topological polar surface area (TPSA) is 58.0 Å². The van der Waals surface area contributed by atoms with Gasteiger partial charge in [0.1, 0.15) is 5.76 Å². The minimum absolute atomic E-state index is 0.0137. The van der Waals surface area contributed by atoms with Crippen molar-refractivity contribution in [3.05, 3.63) is 57.6 Å². The molecule has 1 aromatic carbocycles. The highest BCUT2D eigenvalue weighted by molar-refractivity contribution is 5.29. The van der Waals surface area contributed by atoms with Gasteiger partial charge in [0.2, 0.25) is 0 Å². The standard InChI is InChI=1S/C15H15F3N2O2/c16-15(17,18)11-3-1-2-9(6-11)12-7-10(4-5-19-12)13-8-14(21)20-22-13/h1-3,6,8,10,12,19H,4-5,7H2,(H,20,21)/t10-,12-/m1/s1. The molecular formula is C15H15F3N2O2. The minimum atomic E-state index is -4.35. The lowest BCUT2D eigenvalue weighted by Gasteiger charge is -2.29. The number of nitrogens with one attached hydrogen (secondary N) is 2. The van der Waals surface area contributed by atoms with E-state index < -0.39 is 11.7 Å². The molecule has 22 heavy (non-hydrogen) atoms. The van der Waals surface area contributed by atoms with Gasteiger partial charge in [-0.15, -0.1) is 0 Å². The minimum Gasteiger partial charge on any atom is -0.383 e. The van der Waals surface area contributed by atoms with Gasteiger partial charge in [0.15, 0.2) is 0 Å². The Labute approximate surface area is 124 Å². The van der Waals surface area contributed by atoms with Crippen LogP contribution in [0.4, 0.5) is 13.2 Å². The molecule has 1 saturated heterocycles. The maximum absolute atomic E-state index is 12.8. The molecule has 0 bridgehead atoms. The number of piperidine rings is 1. The average molecular weight is 312 g/mol. The zero-order valence-electron chi connectivity index (χ0n) is 11.6. The fourth-order valence-corrected chi connectivity index (χ4v) is 2.86. The third kappa shape index (κ3) is 3.09. The molecule has 2 heterocycles. The number of aromatic nitrogens is 1. The van der Waals surface area contributed by atoms with Crippen LogP contribution >= 0.6 is 0 Å². The zero-order valence-corrected chi connectivity index (χ0v) is 11.6. The molecule has 118 valence electrons. The van der Waals surface area contributed by atoms with Crippen molar-refractivity contribution in [1.82, 2.24) is 10.5 Å². The van der Waals surface area contributed by atoms with E-state index in [2.05, 4.69) is 10.5 Å². The summed E-state index contributed by atoms with van der Waals surface area (Å²) in [5.74, 6) is 0.572. The van der Waals surface area contributed by atoms with Crippen molar-refractivity contribution in [2.24, 2.45) is 0 Å². The van der Waals surface area contributed by atoms with Gasteiger partial charge in [0.05, 0.1) is 5.56 Å². The first kappa shape index (κ1) is 14.9. The molecule has 1 fully saturated rings. The van der Waals surface area contributed by atoms with E-state index in [9.17, 15) is 18.0 Å². The van der Waals surface area contributed by atoms with Gasteiger partial charge >= 0.3 is 6.18 Å². The first-order chi connectivity index (χ1) is 10.4. The summed E-state index contributed by atoms with van der Waals surface area (Å²) in [5.41, 5.74) is -0.358. The Morgan fingerprint density at radius 2 is 2.05 bits per heavy atom. The van der Waals surface area contributed by atoms with Crippen LogP contribution in [0.2, 0.25) is 0 Å². The Morgan fingerprint density at radius 3 is 2.73 bits per heavy atom. The first-order valence-electron chi connectivity index (χ1n) is 7.02. The summed E-state index contributed by atoms with van der Waals surface area (Å²) in [5, 5.41) is 5.47. The van der Waals surface area contributed by atoms with Crippen molar-refractivity contribution < 1.29 is 17.7 Å². The van der Waals surface area contributed by atoms with Gasteiger partial charge in [-0.05, 0) is 37.1 Å². The van der Waals surface area contributed by atoms with E-state index in [4.69, 9.17) is 4.52 Å². The molecule has 0 spiro atoms. The summed E-state index contributed by atoms with van der Waals surface area (Å²) in [7, 11) is 0. The molecule has 4 nitrogen and oxygen atoms in total. The number of rotatable bonds is 2. The average Bonchev–Trinajstić information content (AvgIpc) is 2.93. The molecule has 0 amide bonds. The molecule has 0 radical (unpaired) electrons. The Hall–Kier alpha value is -2.02. The Morgan fingerprint density at radius 1 is 1.23 bits per heavy atom. The Bertz CT molecular complexity index is 705. The van der Waals surface area contributed by atoms with Gasteiger partial charge in [-0.3, -0.25) is 4.79 Å². The second-order valence-corrected chi connectivity index (χ2v) is 5.47. The third-order valence-corrected chi connectivity index (χ3v) is 3.97. The van der Waals surface area contributed by atoms with E-state index in [1.807, 2.05) is 0 Å². The second kappa shape index (κ2) is 5.64. The molecule has 0 saturated carbocycles. The summed E-state index contributed by atoms with van der Waals surface area (Å²) >= 11 is 0. The van der Waals surface area contributed by atoms with Crippen LogP contribution in [0, 0.1) is 0 Å². The number of hydrogen-bond donors (Lipinski definition) is 2. The molecule has 2 aromatic rings. The lowest BCUT2D eigenvalue weighted by molar-refractivity contribution is -0.137. The van der Waals surface area contributed by atoms with Gasteiger partial charge < -0.3 is 9.84 Å². The van der Waals surface area contributed by atoms with Gasteiger partial charge in [-0.2, -0.15) is 18.3 Å². The van der Waals surface area contributed by atoms with E-state index in [1.54, 1.807) is 6.07 Å². The normalized spacial score (nSPS) is 22.7. The van der Waals surface area contributed by atoms with E-state index in [1.165, 1.54) is 18.2 Å². The van der Waals surface area contributed by atoms with Crippen molar-refractivity contribution in [1.29, 1.82) is 0 Å². The van der Waals surface area contributed by atoms with Crippen molar-refractivity contribution in [3.8, 4) is 0 Å². The highest BCUT2D eigenvalue weighted by Crippen LogP contribution is 2.36. The molecule has 1 aromatic heterocycles. The summed E-state index contributed by atoms with van der Waals surface area (Å²) < 4.78 is 43.5. The van der Waals surface area contributed by atoms with Gasteiger partial charge in [0, 0.05) is 18.0 Å². The van der Waals surface area contributed by atoms with Crippen LogP contribution in [0.5, 0.6) is 0 Å². The number of hydrogen-bond acceptors (Lipinski definition) is 3. The molecule has 0 aliphatic carbocycles. The van der Waals surface area contributed by atoms with Gasteiger partial charge in [-0.1, -0.05) is 12.1 Å². The number of benzene rings is 1. The lowest BCUT2D eigenvalue weighted by atomic mass is 9.87. The van der Waals surface area contributed by atoms with E-state index in [0.717, 1.165) is 12.5 Å². The SMILES string of the molecule is O=c1cc([C@@H]2CCN[C@@H](c3cccc(C(F)(F)F)c3)C2)o[nH]1. The molecule has 2 N–H and O–H groups in total. The molecule has 0 unspecified atom stereocenters. The third-order valence-electron chi connectivity index (χ3n) is 3.97.